The van der Waals surface area contributed by atoms with E-state index in [1.165, 1.54) is 5.56 Å². The van der Waals surface area contributed by atoms with Crippen LogP contribution < -0.4 is 0 Å². The predicted molar refractivity (Wildman–Crippen MR) is 52.8 cm³/mol. The highest BCUT2D eigenvalue weighted by Crippen LogP contribution is 2.12. The van der Waals surface area contributed by atoms with Gasteiger partial charge in [-0.2, -0.15) is 0 Å². The Kier molecular flexibility index (Phi) is 3.17. The van der Waals surface area contributed by atoms with Crippen LogP contribution in [0.3, 0.4) is 0 Å². The van der Waals surface area contributed by atoms with Gasteiger partial charge in [-0.25, -0.2) is 0 Å². The van der Waals surface area contributed by atoms with Crippen molar-refractivity contribution >= 4 is 23.0 Å². The Labute approximate surface area is 71.5 Å². The zero-order valence-electron chi connectivity index (χ0n) is 6.74. The van der Waals surface area contributed by atoms with Gasteiger partial charge in [0.15, 0.2) is 0 Å². The van der Waals surface area contributed by atoms with Crippen molar-refractivity contribution in [3.63, 3.8) is 0 Å². The molecule has 2 heteroatoms. The number of nitrogens with zero attached hydrogens (tertiary/aromatic N) is 1. The topological polar surface area (TPSA) is 12.4 Å². The van der Waals surface area contributed by atoms with E-state index in [0.29, 0.717) is 0 Å². The molecule has 0 saturated carbocycles. The van der Waals surface area contributed by atoms with Crippen LogP contribution in [0, 0.1) is 6.92 Å². The molecule has 0 heterocycles. The second-order valence-corrected chi connectivity index (χ2v) is 2.99. The Hall–Kier alpha value is -0.760. The van der Waals surface area contributed by atoms with E-state index in [9.17, 15) is 0 Å². The summed E-state index contributed by atoms with van der Waals surface area (Å²) in [6.07, 6.45) is 2.00. The lowest BCUT2D eigenvalue weighted by atomic mass is 10.2. The molecule has 11 heavy (non-hydrogen) atoms. The van der Waals surface area contributed by atoms with Crippen LogP contribution in [0.4, 0.5) is 5.69 Å². The van der Waals surface area contributed by atoms with Crippen molar-refractivity contribution in [1.29, 1.82) is 0 Å². The molecule has 0 N–H and O–H groups in total. The maximum Gasteiger partial charge on any atom is 0.0638 e. The van der Waals surface area contributed by atoms with E-state index in [0.717, 1.165) is 5.69 Å². The molecule has 0 aliphatic carbocycles. The summed E-state index contributed by atoms with van der Waals surface area (Å²) in [4.78, 5) is 4.22. The normalized spacial score (nSPS) is 10.7. The Morgan fingerprint density at radius 1 is 1.45 bits per heavy atom. The highest BCUT2D eigenvalue weighted by atomic mass is 32.2. The van der Waals surface area contributed by atoms with Crippen molar-refractivity contribution in [1.82, 2.24) is 0 Å². The third kappa shape index (κ3) is 2.76. The number of rotatable bonds is 2. The molecule has 0 amide bonds. The van der Waals surface area contributed by atoms with E-state index in [4.69, 9.17) is 0 Å². The first kappa shape index (κ1) is 8.34. The molecule has 1 nitrogen and oxygen atoms in total. The fourth-order valence-corrected chi connectivity index (χ4v) is 1.05. The predicted octanol–water partition coefficient (Wildman–Crippen LogP) is 3.02. The van der Waals surface area contributed by atoms with Gasteiger partial charge in [-0.15, -0.1) is 11.8 Å². The summed E-state index contributed by atoms with van der Waals surface area (Å²) >= 11 is 1.61. The van der Waals surface area contributed by atoms with Crippen LogP contribution in [-0.2, 0) is 0 Å². The third-order valence-corrected chi connectivity index (χ3v) is 1.63. The molecular weight excluding hydrogens is 154 g/mol. The fraction of sp³-hybridized carbons (Fsp3) is 0.222. The molecule has 0 aliphatic rings. The van der Waals surface area contributed by atoms with Gasteiger partial charge in [-0.1, -0.05) is 12.1 Å². The second kappa shape index (κ2) is 4.19. The van der Waals surface area contributed by atoms with E-state index in [2.05, 4.69) is 24.0 Å². The highest BCUT2D eigenvalue weighted by Gasteiger charge is 1.86. The molecule has 1 aromatic rings. The fourth-order valence-electron chi connectivity index (χ4n) is 0.822. The molecule has 0 saturated heterocycles. The smallest absolute Gasteiger partial charge is 0.0638 e. The van der Waals surface area contributed by atoms with Crippen LogP contribution in [0.5, 0.6) is 0 Å². The minimum Gasteiger partial charge on any atom is -0.250 e. The van der Waals surface area contributed by atoms with Crippen molar-refractivity contribution in [2.24, 2.45) is 4.99 Å². The Morgan fingerprint density at radius 2 is 2.27 bits per heavy atom. The summed E-state index contributed by atoms with van der Waals surface area (Å²) in [5.74, 6) is 0. The summed E-state index contributed by atoms with van der Waals surface area (Å²) < 4.78 is 0. The molecule has 0 aromatic heterocycles. The van der Waals surface area contributed by atoms with Crippen molar-refractivity contribution in [3.05, 3.63) is 29.8 Å². The van der Waals surface area contributed by atoms with Crippen LogP contribution in [-0.4, -0.2) is 11.8 Å². The maximum absolute atomic E-state index is 4.22. The summed E-state index contributed by atoms with van der Waals surface area (Å²) in [6, 6.07) is 8.15. The minimum atomic E-state index is 1.03. The van der Waals surface area contributed by atoms with Gasteiger partial charge >= 0.3 is 0 Å². The largest absolute Gasteiger partial charge is 0.250 e. The number of thioether (sulfide) groups is 1. The van der Waals surface area contributed by atoms with Crippen LogP contribution in [0.25, 0.3) is 0 Å². The van der Waals surface area contributed by atoms with Crippen molar-refractivity contribution in [2.75, 3.05) is 6.26 Å². The number of aliphatic imine (C=N–C) groups is 1. The van der Waals surface area contributed by atoms with Gasteiger partial charge in [0.05, 0.1) is 11.2 Å². The number of hydrogen-bond acceptors (Lipinski definition) is 2. The maximum atomic E-state index is 4.22. The summed E-state index contributed by atoms with van der Waals surface area (Å²) in [5.41, 5.74) is 4.12. The average Bonchev–Trinajstić information content (AvgIpc) is 2.01. The minimum absolute atomic E-state index is 1.03. The first-order valence-corrected chi connectivity index (χ1v) is 4.74. The van der Waals surface area contributed by atoms with Crippen LogP contribution in [0.15, 0.2) is 29.3 Å². The molecule has 0 radical (unpaired) electrons. The van der Waals surface area contributed by atoms with Gasteiger partial charge in [-0.05, 0) is 30.9 Å². The van der Waals surface area contributed by atoms with Crippen molar-refractivity contribution in [2.45, 2.75) is 6.92 Å². The molecule has 0 fully saturated rings. The van der Waals surface area contributed by atoms with E-state index >= 15 is 0 Å². The quantitative estimate of drug-likeness (QED) is 0.484. The number of benzene rings is 1. The van der Waals surface area contributed by atoms with Gasteiger partial charge in [0, 0.05) is 0 Å². The van der Waals surface area contributed by atoms with Gasteiger partial charge in [0.1, 0.15) is 0 Å². The molecule has 1 aromatic carbocycles. The van der Waals surface area contributed by atoms with Crippen LogP contribution >= 0.6 is 11.8 Å². The van der Waals surface area contributed by atoms with Gasteiger partial charge in [0.2, 0.25) is 0 Å². The van der Waals surface area contributed by atoms with Gasteiger partial charge in [-0.3, -0.25) is 4.99 Å². The molecule has 0 aliphatic heterocycles. The van der Waals surface area contributed by atoms with Gasteiger partial charge < -0.3 is 0 Å². The average molecular weight is 165 g/mol. The lowest BCUT2D eigenvalue weighted by Crippen LogP contribution is -1.69. The standard InChI is InChI=1S/C9H11NS/c1-8-4-3-5-9(6-8)10-7-11-2/h3-7H,1-2H3/b10-7-. The van der Waals surface area contributed by atoms with E-state index in [-0.39, 0.29) is 0 Å². The highest BCUT2D eigenvalue weighted by molar-refractivity contribution is 8.11. The summed E-state index contributed by atoms with van der Waals surface area (Å²) in [5, 5.41) is 0. The zero-order valence-corrected chi connectivity index (χ0v) is 7.56. The zero-order chi connectivity index (χ0) is 8.10. The van der Waals surface area contributed by atoms with Crippen LogP contribution in [0.2, 0.25) is 0 Å². The Bertz CT molecular complexity index is 255. The lowest BCUT2D eigenvalue weighted by Gasteiger charge is -1.93. The molecular formula is C9H11NS. The Balaban J connectivity index is 2.79. The second-order valence-electron chi connectivity index (χ2n) is 2.31. The van der Waals surface area contributed by atoms with Crippen LogP contribution in [0.1, 0.15) is 5.56 Å². The number of aryl methyl sites for hydroxylation is 1. The number of hydrogen-bond donors (Lipinski definition) is 0. The van der Waals surface area contributed by atoms with Crippen molar-refractivity contribution in [3.8, 4) is 0 Å². The summed E-state index contributed by atoms with van der Waals surface area (Å²) in [6.45, 7) is 2.07. The van der Waals surface area contributed by atoms with Gasteiger partial charge in [0.25, 0.3) is 0 Å². The first-order chi connectivity index (χ1) is 5.33. The molecule has 0 atom stereocenters. The Morgan fingerprint density at radius 3 is 2.91 bits per heavy atom. The van der Waals surface area contributed by atoms with Crippen molar-refractivity contribution < 1.29 is 0 Å². The first-order valence-electron chi connectivity index (χ1n) is 3.45. The molecule has 0 bridgehead atoms. The van der Waals surface area contributed by atoms with E-state index in [1.54, 1.807) is 11.8 Å². The summed E-state index contributed by atoms with van der Waals surface area (Å²) in [7, 11) is 0. The molecule has 1 rings (SSSR count). The van der Waals surface area contributed by atoms with E-state index in [1.807, 2.05) is 23.9 Å². The SMILES string of the molecule is CS/C=N\c1cccc(C)c1. The molecule has 0 unspecified atom stereocenters. The lowest BCUT2D eigenvalue weighted by molar-refractivity contribution is 1.44. The monoisotopic (exact) mass is 165 g/mol. The third-order valence-electron chi connectivity index (χ3n) is 1.31. The van der Waals surface area contributed by atoms with E-state index < -0.39 is 0 Å². The molecule has 58 valence electrons. The molecule has 0 spiro atoms.